The lowest BCUT2D eigenvalue weighted by Gasteiger charge is -2.09. The largest absolute Gasteiger partial charge is 0.249 e. The van der Waals surface area contributed by atoms with Gasteiger partial charge in [0.2, 0.25) is 0 Å². The van der Waals surface area contributed by atoms with Crippen molar-refractivity contribution in [1.82, 2.24) is 9.97 Å². The molecule has 1 aromatic heterocycles. The Balaban J connectivity index is 1.93. The van der Waals surface area contributed by atoms with Crippen LogP contribution in [-0.2, 0) is 12.8 Å². The number of aryl methyl sites for hydroxylation is 2. The highest BCUT2D eigenvalue weighted by Crippen LogP contribution is 2.17. The van der Waals surface area contributed by atoms with E-state index in [1.807, 2.05) is 36.4 Å². The summed E-state index contributed by atoms with van der Waals surface area (Å²) in [5, 5.41) is 0. The molecule has 2 aromatic carbocycles. The summed E-state index contributed by atoms with van der Waals surface area (Å²) in [4.78, 5) is 9.78. The minimum absolute atomic E-state index is 0.859. The molecule has 0 aliphatic heterocycles. The number of rotatable bonds is 6. The molecule has 2 nitrogen and oxygen atoms in total. The summed E-state index contributed by atoms with van der Waals surface area (Å²) in [6.07, 6.45) is 10.1. The first kappa shape index (κ1) is 17.8. The van der Waals surface area contributed by atoms with Gasteiger partial charge in [-0.05, 0) is 36.1 Å². The lowest BCUT2D eigenvalue weighted by atomic mass is 10.1. The predicted octanol–water partition coefficient (Wildman–Crippen LogP) is 5.94. The Hall–Kier alpha value is -3.00. The highest BCUT2D eigenvalue weighted by molar-refractivity contribution is 5.71. The SMILES string of the molecule is CCc1nc(/C=C/c2ccccc2)c(CC)nc1/C=C/c1ccccc1. The smallest absolute Gasteiger partial charge is 0.0849 e. The van der Waals surface area contributed by atoms with E-state index in [1.165, 1.54) is 11.1 Å². The summed E-state index contributed by atoms with van der Waals surface area (Å²) in [6, 6.07) is 20.6. The van der Waals surface area contributed by atoms with E-state index in [0.717, 1.165) is 35.6 Å². The molecule has 0 atom stereocenters. The Morgan fingerprint density at radius 2 is 0.962 bits per heavy atom. The Morgan fingerprint density at radius 1 is 0.577 bits per heavy atom. The Labute approximate surface area is 156 Å². The summed E-state index contributed by atoms with van der Waals surface area (Å²) in [7, 11) is 0. The van der Waals surface area contributed by atoms with Crippen molar-refractivity contribution >= 4 is 24.3 Å². The van der Waals surface area contributed by atoms with E-state index < -0.39 is 0 Å². The molecule has 0 saturated heterocycles. The van der Waals surface area contributed by atoms with E-state index in [-0.39, 0.29) is 0 Å². The highest BCUT2D eigenvalue weighted by Gasteiger charge is 2.08. The molecular formula is C24H24N2. The van der Waals surface area contributed by atoms with Gasteiger partial charge in [-0.2, -0.15) is 0 Å². The second-order valence-corrected chi connectivity index (χ2v) is 6.08. The van der Waals surface area contributed by atoms with Crippen LogP contribution in [-0.4, -0.2) is 9.97 Å². The average Bonchev–Trinajstić information content (AvgIpc) is 2.72. The third-order valence-corrected chi connectivity index (χ3v) is 4.24. The molecule has 1 heterocycles. The Bertz CT molecular complexity index is 817. The van der Waals surface area contributed by atoms with Gasteiger partial charge in [0.25, 0.3) is 0 Å². The molecule has 0 saturated carbocycles. The van der Waals surface area contributed by atoms with Gasteiger partial charge in [0.05, 0.1) is 22.8 Å². The van der Waals surface area contributed by atoms with E-state index in [1.54, 1.807) is 0 Å². The summed E-state index contributed by atoms with van der Waals surface area (Å²) in [5.74, 6) is 0. The van der Waals surface area contributed by atoms with Gasteiger partial charge in [-0.3, -0.25) is 0 Å². The minimum Gasteiger partial charge on any atom is -0.249 e. The van der Waals surface area contributed by atoms with Gasteiger partial charge in [-0.15, -0.1) is 0 Å². The van der Waals surface area contributed by atoms with Gasteiger partial charge in [0.15, 0.2) is 0 Å². The van der Waals surface area contributed by atoms with Crippen molar-refractivity contribution in [2.75, 3.05) is 0 Å². The first-order valence-electron chi connectivity index (χ1n) is 9.16. The van der Waals surface area contributed by atoms with Gasteiger partial charge in [-0.1, -0.05) is 86.7 Å². The van der Waals surface area contributed by atoms with Crippen LogP contribution < -0.4 is 0 Å². The highest BCUT2D eigenvalue weighted by atomic mass is 14.8. The second kappa shape index (κ2) is 8.91. The topological polar surface area (TPSA) is 25.8 Å². The average molecular weight is 340 g/mol. The van der Waals surface area contributed by atoms with Crippen LogP contribution in [0.1, 0.15) is 47.8 Å². The third kappa shape index (κ3) is 4.54. The van der Waals surface area contributed by atoms with E-state index in [9.17, 15) is 0 Å². The molecule has 0 bridgehead atoms. The van der Waals surface area contributed by atoms with Crippen LogP contribution in [0.4, 0.5) is 0 Å². The van der Waals surface area contributed by atoms with Gasteiger partial charge in [-0.25, -0.2) is 9.97 Å². The van der Waals surface area contributed by atoms with E-state index in [4.69, 9.17) is 9.97 Å². The number of aromatic nitrogens is 2. The molecule has 0 radical (unpaired) electrons. The van der Waals surface area contributed by atoms with Crippen molar-refractivity contribution in [2.24, 2.45) is 0 Å². The van der Waals surface area contributed by atoms with Gasteiger partial charge in [0, 0.05) is 0 Å². The summed E-state index contributed by atoms with van der Waals surface area (Å²) in [6.45, 7) is 4.25. The summed E-state index contributed by atoms with van der Waals surface area (Å²) >= 11 is 0. The van der Waals surface area contributed by atoms with Crippen molar-refractivity contribution in [2.45, 2.75) is 26.7 Å². The lowest BCUT2D eigenvalue weighted by molar-refractivity contribution is 0.918. The van der Waals surface area contributed by atoms with Crippen LogP contribution in [0.2, 0.25) is 0 Å². The summed E-state index contributed by atoms with van der Waals surface area (Å²) < 4.78 is 0. The van der Waals surface area contributed by atoms with Crippen molar-refractivity contribution in [3.8, 4) is 0 Å². The maximum absolute atomic E-state index is 4.89. The second-order valence-electron chi connectivity index (χ2n) is 6.08. The third-order valence-electron chi connectivity index (χ3n) is 4.24. The van der Waals surface area contributed by atoms with Crippen LogP contribution in [0.25, 0.3) is 24.3 Å². The zero-order valence-electron chi connectivity index (χ0n) is 15.4. The maximum Gasteiger partial charge on any atom is 0.0849 e. The van der Waals surface area contributed by atoms with Gasteiger partial charge in [0.1, 0.15) is 0 Å². The fourth-order valence-electron chi connectivity index (χ4n) is 2.80. The number of nitrogens with zero attached hydrogens (tertiary/aromatic N) is 2. The lowest BCUT2D eigenvalue weighted by Crippen LogP contribution is -2.04. The molecule has 0 aliphatic carbocycles. The molecule has 0 amide bonds. The molecule has 0 unspecified atom stereocenters. The molecule has 2 heteroatoms. The first-order chi connectivity index (χ1) is 12.8. The quantitative estimate of drug-likeness (QED) is 0.555. The maximum atomic E-state index is 4.89. The van der Waals surface area contributed by atoms with Crippen molar-refractivity contribution < 1.29 is 0 Å². The van der Waals surface area contributed by atoms with E-state index in [0.29, 0.717) is 0 Å². The van der Waals surface area contributed by atoms with E-state index >= 15 is 0 Å². The normalized spacial score (nSPS) is 11.5. The first-order valence-corrected chi connectivity index (χ1v) is 9.16. The molecule has 0 N–H and O–H groups in total. The summed E-state index contributed by atoms with van der Waals surface area (Å²) in [5.41, 5.74) is 6.32. The van der Waals surface area contributed by atoms with Crippen LogP contribution in [0.5, 0.6) is 0 Å². The fourth-order valence-corrected chi connectivity index (χ4v) is 2.80. The zero-order chi connectivity index (χ0) is 18.2. The van der Waals surface area contributed by atoms with Crippen LogP contribution >= 0.6 is 0 Å². The van der Waals surface area contributed by atoms with Crippen LogP contribution in [0.15, 0.2) is 60.7 Å². The van der Waals surface area contributed by atoms with Crippen molar-refractivity contribution in [3.05, 3.63) is 94.6 Å². The fraction of sp³-hybridized carbons (Fsp3) is 0.167. The molecular weight excluding hydrogens is 316 g/mol. The van der Waals surface area contributed by atoms with Crippen molar-refractivity contribution in [1.29, 1.82) is 0 Å². The monoisotopic (exact) mass is 340 g/mol. The van der Waals surface area contributed by atoms with Crippen LogP contribution in [0.3, 0.4) is 0 Å². The van der Waals surface area contributed by atoms with Crippen molar-refractivity contribution in [3.63, 3.8) is 0 Å². The molecule has 0 spiro atoms. The number of hydrogen-bond donors (Lipinski definition) is 0. The molecule has 130 valence electrons. The van der Waals surface area contributed by atoms with Gasteiger partial charge < -0.3 is 0 Å². The van der Waals surface area contributed by atoms with Gasteiger partial charge >= 0.3 is 0 Å². The molecule has 26 heavy (non-hydrogen) atoms. The minimum atomic E-state index is 0.859. The molecule has 0 aliphatic rings. The molecule has 0 fully saturated rings. The Kier molecular flexibility index (Phi) is 6.10. The Morgan fingerprint density at radius 3 is 1.31 bits per heavy atom. The molecule has 3 aromatic rings. The molecule has 3 rings (SSSR count). The zero-order valence-corrected chi connectivity index (χ0v) is 15.4. The predicted molar refractivity (Wildman–Crippen MR) is 112 cm³/mol. The van der Waals surface area contributed by atoms with E-state index in [2.05, 4.69) is 62.4 Å². The number of benzene rings is 2. The standard InChI is InChI=1S/C24H24N2/c1-3-21-23(17-15-19-11-7-5-8-12-19)26-22(4-2)24(25-21)18-16-20-13-9-6-10-14-20/h5-18H,3-4H2,1-2H3/b17-15+,18-16+. The van der Waals surface area contributed by atoms with Crippen LogP contribution in [0, 0.1) is 0 Å². The number of hydrogen-bond acceptors (Lipinski definition) is 2.